The average Bonchev–Trinajstić information content (AvgIpc) is 3.24. The van der Waals surface area contributed by atoms with Gasteiger partial charge >= 0.3 is 0 Å². The van der Waals surface area contributed by atoms with Gasteiger partial charge in [0.15, 0.2) is 0 Å². The Balaban J connectivity index is 1.48. The lowest BCUT2D eigenvalue weighted by Gasteiger charge is -2.24. The molecule has 2 aromatic carbocycles. The summed E-state index contributed by atoms with van der Waals surface area (Å²) in [6.07, 6.45) is 5.72. The van der Waals surface area contributed by atoms with E-state index >= 15 is 0 Å². The molecule has 0 radical (unpaired) electrons. The fourth-order valence-electron chi connectivity index (χ4n) is 4.67. The molecule has 0 unspecified atom stereocenters. The van der Waals surface area contributed by atoms with Crippen LogP contribution in [-0.4, -0.2) is 11.9 Å². The lowest BCUT2D eigenvalue weighted by atomic mass is 9.88. The van der Waals surface area contributed by atoms with Crippen molar-refractivity contribution in [3.8, 4) is 0 Å². The number of carbonyl (C=O) groups is 1. The Bertz CT molecular complexity index is 642. The second-order valence-electron chi connectivity index (χ2n) is 7.43. The van der Waals surface area contributed by atoms with Crippen molar-refractivity contribution in [2.45, 2.75) is 44.1 Å². The molecule has 0 aliphatic heterocycles. The van der Waals surface area contributed by atoms with Gasteiger partial charge in [0.25, 0.3) is 0 Å². The third-order valence-corrected chi connectivity index (χ3v) is 5.88. The molecule has 3 atom stereocenters. The maximum atomic E-state index is 12.7. The zero-order valence-electron chi connectivity index (χ0n) is 14.0. The smallest absolute Gasteiger partial charge is 0.221 e. The maximum absolute atomic E-state index is 12.7. The molecule has 2 aliphatic carbocycles. The number of carbonyl (C=O) groups excluding carboxylic acids is 1. The molecule has 2 aromatic rings. The van der Waals surface area contributed by atoms with Gasteiger partial charge in [-0.1, -0.05) is 67.1 Å². The number of amides is 1. The number of hydrogen-bond acceptors (Lipinski definition) is 1. The first kappa shape index (κ1) is 15.4. The summed E-state index contributed by atoms with van der Waals surface area (Å²) in [6, 6.07) is 21.2. The van der Waals surface area contributed by atoms with E-state index in [-0.39, 0.29) is 11.8 Å². The van der Waals surface area contributed by atoms with E-state index in [4.69, 9.17) is 0 Å². The lowest BCUT2D eigenvalue weighted by Crippen LogP contribution is -2.39. The monoisotopic (exact) mass is 319 g/mol. The molecule has 2 saturated carbocycles. The Morgan fingerprint density at radius 2 is 1.54 bits per heavy atom. The Labute approximate surface area is 144 Å². The molecular formula is C22H25NO. The van der Waals surface area contributed by atoms with E-state index in [0.717, 1.165) is 11.8 Å². The Morgan fingerprint density at radius 3 is 2.04 bits per heavy atom. The third-order valence-electron chi connectivity index (χ3n) is 5.88. The highest BCUT2D eigenvalue weighted by atomic mass is 16.1. The van der Waals surface area contributed by atoms with E-state index < -0.39 is 0 Å². The summed E-state index contributed by atoms with van der Waals surface area (Å²) in [5.41, 5.74) is 2.43. The molecular weight excluding hydrogens is 294 g/mol. The summed E-state index contributed by atoms with van der Waals surface area (Å²) < 4.78 is 0. The van der Waals surface area contributed by atoms with Crippen LogP contribution >= 0.6 is 0 Å². The summed E-state index contributed by atoms with van der Waals surface area (Å²) in [5.74, 6) is 1.92. The summed E-state index contributed by atoms with van der Waals surface area (Å²) in [7, 11) is 0. The van der Waals surface area contributed by atoms with Gasteiger partial charge in [-0.25, -0.2) is 0 Å². The van der Waals surface area contributed by atoms with E-state index in [1.165, 1.54) is 36.8 Å². The Hall–Kier alpha value is -2.09. The molecule has 0 aromatic heterocycles. The molecule has 0 saturated heterocycles. The largest absolute Gasteiger partial charge is 0.353 e. The van der Waals surface area contributed by atoms with Crippen LogP contribution in [0.25, 0.3) is 0 Å². The molecule has 24 heavy (non-hydrogen) atoms. The minimum atomic E-state index is 0.131. The predicted octanol–water partition coefficient (Wildman–Crippen LogP) is 4.51. The van der Waals surface area contributed by atoms with Crippen molar-refractivity contribution in [1.82, 2.24) is 5.32 Å². The van der Waals surface area contributed by atoms with Crippen LogP contribution in [0.2, 0.25) is 0 Å². The summed E-state index contributed by atoms with van der Waals surface area (Å²) in [5, 5.41) is 3.34. The van der Waals surface area contributed by atoms with Crippen molar-refractivity contribution >= 4 is 5.91 Å². The summed E-state index contributed by atoms with van der Waals surface area (Å²) in [4.78, 5) is 12.7. The normalized spacial score (nSPS) is 25.1. The van der Waals surface area contributed by atoms with E-state index in [1.807, 2.05) is 12.1 Å². The minimum Gasteiger partial charge on any atom is -0.353 e. The van der Waals surface area contributed by atoms with Crippen LogP contribution in [0.3, 0.4) is 0 Å². The van der Waals surface area contributed by atoms with E-state index in [0.29, 0.717) is 12.5 Å². The van der Waals surface area contributed by atoms with Gasteiger partial charge in [-0.05, 0) is 42.2 Å². The number of nitrogens with one attached hydrogen (secondary N) is 1. The third kappa shape index (κ3) is 3.24. The van der Waals surface area contributed by atoms with Crippen LogP contribution in [0, 0.1) is 11.8 Å². The molecule has 2 heteroatoms. The highest BCUT2D eigenvalue weighted by molar-refractivity contribution is 5.78. The molecule has 1 N–H and O–H groups in total. The zero-order chi connectivity index (χ0) is 16.4. The van der Waals surface area contributed by atoms with Crippen LogP contribution in [0.1, 0.15) is 49.1 Å². The van der Waals surface area contributed by atoms with E-state index in [1.54, 1.807) is 0 Å². The Kier molecular flexibility index (Phi) is 4.38. The van der Waals surface area contributed by atoms with Crippen molar-refractivity contribution in [3.05, 3.63) is 71.8 Å². The first-order chi connectivity index (χ1) is 11.8. The van der Waals surface area contributed by atoms with Crippen LogP contribution in [0.5, 0.6) is 0 Å². The van der Waals surface area contributed by atoms with E-state index in [2.05, 4.69) is 53.8 Å². The molecule has 2 nitrogen and oxygen atoms in total. The number of fused-ring (bicyclic) bond motifs is 2. The molecule has 0 heterocycles. The number of benzene rings is 2. The van der Waals surface area contributed by atoms with Gasteiger partial charge in [-0.3, -0.25) is 4.79 Å². The van der Waals surface area contributed by atoms with Crippen molar-refractivity contribution in [1.29, 1.82) is 0 Å². The fourth-order valence-corrected chi connectivity index (χ4v) is 4.67. The SMILES string of the molecule is O=C(CC(c1ccccc1)c1ccccc1)N[C@@H]1C[C@@H]2CC[C@@H]1C2. The van der Waals surface area contributed by atoms with Gasteiger partial charge in [-0.2, -0.15) is 0 Å². The highest BCUT2D eigenvalue weighted by Gasteiger charge is 2.40. The Morgan fingerprint density at radius 1 is 0.917 bits per heavy atom. The quantitative estimate of drug-likeness (QED) is 0.863. The number of rotatable bonds is 5. The first-order valence-electron chi connectivity index (χ1n) is 9.19. The first-order valence-corrected chi connectivity index (χ1v) is 9.19. The fraction of sp³-hybridized carbons (Fsp3) is 0.409. The standard InChI is InChI=1S/C22H25NO/c24-22(23-21-14-16-11-12-19(21)13-16)15-20(17-7-3-1-4-8-17)18-9-5-2-6-10-18/h1-10,16,19-21H,11-15H2,(H,23,24)/t16-,19-,21-/m1/s1. The van der Waals surface area contributed by atoms with Gasteiger partial charge in [0.1, 0.15) is 0 Å². The van der Waals surface area contributed by atoms with Crippen molar-refractivity contribution in [2.75, 3.05) is 0 Å². The van der Waals surface area contributed by atoms with Gasteiger partial charge in [0.05, 0.1) is 0 Å². The van der Waals surface area contributed by atoms with Crippen LogP contribution in [0.15, 0.2) is 60.7 Å². The molecule has 0 spiro atoms. The van der Waals surface area contributed by atoms with Crippen molar-refractivity contribution in [2.24, 2.45) is 11.8 Å². The van der Waals surface area contributed by atoms with Gasteiger partial charge in [0, 0.05) is 18.4 Å². The predicted molar refractivity (Wildman–Crippen MR) is 96.7 cm³/mol. The van der Waals surface area contributed by atoms with Crippen LogP contribution < -0.4 is 5.32 Å². The highest BCUT2D eigenvalue weighted by Crippen LogP contribution is 2.44. The van der Waals surface area contributed by atoms with Crippen LogP contribution in [0.4, 0.5) is 0 Å². The van der Waals surface area contributed by atoms with Crippen LogP contribution in [-0.2, 0) is 4.79 Å². The van der Waals surface area contributed by atoms with Gasteiger partial charge in [0.2, 0.25) is 5.91 Å². The van der Waals surface area contributed by atoms with Gasteiger partial charge < -0.3 is 5.32 Å². The molecule has 4 rings (SSSR count). The van der Waals surface area contributed by atoms with Crippen molar-refractivity contribution < 1.29 is 4.79 Å². The molecule has 1 amide bonds. The molecule has 2 aliphatic rings. The minimum absolute atomic E-state index is 0.131. The number of hydrogen-bond donors (Lipinski definition) is 1. The lowest BCUT2D eigenvalue weighted by molar-refractivity contribution is -0.122. The second-order valence-corrected chi connectivity index (χ2v) is 7.43. The molecule has 2 fully saturated rings. The molecule has 2 bridgehead atoms. The summed E-state index contributed by atoms with van der Waals surface area (Å²) >= 11 is 0. The van der Waals surface area contributed by atoms with E-state index in [9.17, 15) is 4.79 Å². The molecule has 124 valence electrons. The van der Waals surface area contributed by atoms with Crippen molar-refractivity contribution in [3.63, 3.8) is 0 Å². The van der Waals surface area contributed by atoms with Gasteiger partial charge in [-0.15, -0.1) is 0 Å². The zero-order valence-corrected chi connectivity index (χ0v) is 14.0. The summed E-state index contributed by atoms with van der Waals surface area (Å²) in [6.45, 7) is 0. The second kappa shape index (κ2) is 6.80. The average molecular weight is 319 g/mol. The topological polar surface area (TPSA) is 29.1 Å². The maximum Gasteiger partial charge on any atom is 0.221 e.